The molecule has 1 aliphatic rings. The van der Waals surface area contributed by atoms with Crippen molar-refractivity contribution in [3.05, 3.63) is 71.4 Å². The van der Waals surface area contributed by atoms with Crippen LogP contribution in [0.15, 0.2) is 60.2 Å². The van der Waals surface area contributed by atoms with Gasteiger partial charge in [0.25, 0.3) is 0 Å². The highest BCUT2D eigenvalue weighted by Gasteiger charge is 2.25. The summed E-state index contributed by atoms with van der Waals surface area (Å²) < 4.78 is 1.81. The number of nitrogens with one attached hydrogen (secondary N) is 2. The van der Waals surface area contributed by atoms with Gasteiger partial charge in [0.05, 0.1) is 18.1 Å². The van der Waals surface area contributed by atoms with Crippen LogP contribution in [0.4, 0.5) is 5.82 Å². The van der Waals surface area contributed by atoms with Crippen LogP contribution >= 0.6 is 11.6 Å². The number of hydrogen-bond donors (Lipinski definition) is 2. The van der Waals surface area contributed by atoms with E-state index in [4.69, 9.17) is 16.6 Å². The first-order chi connectivity index (χ1) is 15.2. The second-order valence-corrected chi connectivity index (χ2v) is 7.90. The first-order valence-electron chi connectivity index (χ1n) is 10.5. The average Bonchev–Trinajstić information content (AvgIpc) is 3.45. The summed E-state index contributed by atoms with van der Waals surface area (Å²) in [5, 5.41) is 11.8. The summed E-state index contributed by atoms with van der Waals surface area (Å²) >= 11 is 6.31. The number of aromatic nitrogens is 4. The molecule has 8 nitrogen and oxygen atoms in total. The highest BCUT2D eigenvalue weighted by Crippen LogP contribution is 2.25. The van der Waals surface area contributed by atoms with E-state index < -0.39 is 0 Å². The lowest BCUT2D eigenvalue weighted by Gasteiger charge is -2.20. The Morgan fingerprint density at radius 2 is 2.16 bits per heavy atom. The van der Waals surface area contributed by atoms with Crippen LogP contribution in [0.25, 0.3) is 0 Å². The zero-order valence-corrected chi connectivity index (χ0v) is 18.3. The molecule has 3 aromatic rings. The van der Waals surface area contributed by atoms with Gasteiger partial charge in [0.2, 0.25) is 0 Å². The van der Waals surface area contributed by atoms with Crippen molar-refractivity contribution in [3.63, 3.8) is 0 Å². The van der Waals surface area contributed by atoms with E-state index in [1.807, 2.05) is 16.8 Å². The second kappa shape index (κ2) is 10.3. The molecular weight excluding hydrogens is 412 g/mol. The molecule has 0 aliphatic carbocycles. The van der Waals surface area contributed by atoms with E-state index in [9.17, 15) is 0 Å². The molecule has 0 bridgehead atoms. The van der Waals surface area contributed by atoms with E-state index in [0.29, 0.717) is 18.1 Å². The Labute approximate surface area is 187 Å². The molecule has 9 heteroatoms. The Hall–Kier alpha value is -3.13. The number of benzene rings is 1. The molecule has 1 unspecified atom stereocenters. The van der Waals surface area contributed by atoms with E-state index in [1.54, 1.807) is 18.9 Å². The van der Waals surface area contributed by atoms with E-state index in [1.165, 1.54) is 5.56 Å². The third kappa shape index (κ3) is 5.73. The molecule has 1 saturated heterocycles. The molecular formula is C22H27ClN8. The molecule has 0 spiro atoms. The number of guanidine groups is 1. The van der Waals surface area contributed by atoms with Gasteiger partial charge in [-0.2, -0.15) is 5.10 Å². The van der Waals surface area contributed by atoms with Gasteiger partial charge in [0.15, 0.2) is 5.96 Å². The van der Waals surface area contributed by atoms with E-state index in [-0.39, 0.29) is 6.04 Å². The van der Waals surface area contributed by atoms with Crippen molar-refractivity contribution in [1.29, 1.82) is 0 Å². The summed E-state index contributed by atoms with van der Waals surface area (Å²) in [4.78, 5) is 15.4. The molecule has 4 rings (SSSR count). The molecule has 3 heterocycles. The lowest BCUT2D eigenvalue weighted by Crippen LogP contribution is -2.44. The molecule has 2 aromatic heterocycles. The summed E-state index contributed by atoms with van der Waals surface area (Å²) in [6.07, 6.45) is 6.06. The van der Waals surface area contributed by atoms with Crippen LogP contribution in [0, 0.1) is 0 Å². The Morgan fingerprint density at radius 1 is 1.26 bits per heavy atom. The topological polar surface area (TPSA) is 83.3 Å². The quantitative estimate of drug-likeness (QED) is 0.436. The van der Waals surface area contributed by atoms with E-state index >= 15 is 0 Å². The van der Waals surface area contributed by atoms with E-state index in [2.05, 4.69) is 61.8 Å². The molecule has 1 aromatic carbocycles. The van der Waals surface area contributed by atoms with Gasteiger partial charge < -0.3 is 15.5 Å². The van der Waals surface area contributed by atoms with Crippen LogP contribution in [0.5, 0.6) is 0 Å². The van der Waals surface area contributed by atoms with Crippen molar-refractivity contribution in [2.45, 2.75) is 32.5 Å². The van der Waals surface area contributed by atoms with Crippen LogP contribution in [0.3, 0.4) is 0 Å². The highest BCUT2D eigenvalue weighted by molar-refractivity contribution is 6.32. The molecule has 0 radical (unpaired) electrons. The minimum absolute atomic E-state index is 0.287. The van der Waals surface area contributed by atoms with Crippen molar-refractivity contribution in [2.75, 3.05) is 24.5 Å². The fourth-order valence-electron chi connectivity index (χ4n) is 3.69. The predicted octanol–water partition coefficient (Wildman–Crippen LogP) is 2.71. The van der Waals surface area contributed by atoms with Crippen LogP contribution in [0.2, 0.25) is 5.02 Å². The molecule has 1 fully saturated rings. The summed E-state index contributed by atoms with van der Waals surface area (Å²) in [5.41, 5.74) is 2.33. The maximum atomic E-state index is 6.31. The fraction of sp³-hybridized carbons (Fsp3) is 0.364. The van der Waals surface area contributed by atoms with Crippen LogP contribution in [-0.2, 0) is 13.1 Å². The maximum absolute atomic E-state index is 6.31. The number of nitrogens with zero attached hydrogens (tertiary/aromatic N) is 6. The van der Waals surface area contributed by atoms with Crippen LogP contribution < -0.4 is 15.5 Å². The Morgan fingerprint density at radius 3 is 2.97 bits per heavy atom. The van der Waals surface area contributed by atoms with Gasteiger partial charge in [-0.25, -0.2) is 19.6 Å². The summed E-state index contributed by atoms with van der Waals surface area (Å²) in [6.45, 7) is 5.94. The van der Waals surface area contributed by atoms with Crippen molar-refractivity contribution in [3.8, 4) is 0 Å². The smallest absolute Gasteiger partial charge is 0.191 e. The SMILES string of the molecule is CCNC(=NCc1cccc(Cn2cncn2)c1)NC1CCN(c2ncccc2Cl)C1. The number of aliphatic imine (C=N–C) groups is 1. The highest BCUT2D eigenvalue weighted by atomic mass is 35.5. The Balaban J connectivity index is 1.37. The Bertz CT molecular complexity index is 1000. The van der Waals surface area contributed by atoms with Crippen molar-refractivity contribution < 1.29 is 0 Å². The first kappa shape index (κ1) is 21.1. The average molecular weight is 439 g/mol. The van der Waals surface area contributed by atoms with Gasteiger partial charge in [-0.15, -0.1) is 0 Å². The zero-order valence-electron chi connectivity index (χ0n) is 17.6. The largest absolute Gasteiger partial charge is 0.357 e. The molecule has 2 N–H and O–H groups in total. The van der Waals surface area contributed by atoms with Crippen molar-refractivity contribution in [1.82, 2.24) is 30.4 Å². The number of pyridine rings is 1. The standard InChI is InChI=1S/C22H27ClN8/c1-2-25-22(29-19-8-10-30(14-19)21-20(23)7-4-9-26-21)27-12-17-5-3-6-18(11-17)13-31-16-24-15-28-31/h3-7,9,11,15-16,19H,2,8,10,12-14H2,1H3,(H2,25,27,29). The lowest BCUT2D eigenvalue weighted by molar-refractivity contribution is 0.648. The predicted molar refractivity (Wildman–Crippen MR) is 123 cm³/mol. The molecule has 31 heavy (non-hydrogen) atoms. The van der Waals surface area contributed by atoms with Crippen LogP contribution in [-0.4, -0.2) is 51.4 Å². The molecule has 1 atom stereocenters. The van der Waals surface area contributed by atoms with Gasteiger partial charge in [-0.1, -0.05) is 35.9 Å². The summed E-state index contributed by atoms with van der Waals surface area (Å²) in [7, 11) is 0. The van der Waals surface area contributed by atoms with E-state index in [0.717, 1.165) is 43.4 Å². The van der Waals surface area contributed by atoms with Crippen molar-refractivity contribution >= 4 is 23.4 Å². The number of rotatable bonds is 7. The third-order valence-electron chi connectivity index (χ3n) is 5.13. The second-order valence-electron chi connectivity index (χ2n) is 7.49. The summed E-state index contributed by atoms with van der Waals surface area (Å²) in [5.74, 6) is 1.67. The fourth-order valence-corrected chi connectivity index (χ4v) is 3.93. The molecule has 162 valence electrons. The molecule has 1 aliphatic heterocycles. The zero-order chi connectivity index (χ0) is 21.5. The molecule has 0 amide bonds. The Kier molecular flexibility index (Phi) is 6.99. The maximum Gasteiger partial charge on any atom is 0.191 e. The van der Waals surface area contributed by atoms with Gasteiger partial charge in [-0.05, 0) is 36.6 Å². The third-order valence-corrected chi connectivity index (χ3v) is 5.43. The van der Waals surface area contributed by atoms with Gasteiger partial charge in [-0.3, -0.25) is 0 Å². The van der Waals surface area contributed by atoms with Gasteiger partial charge >= 0.3 is 0 Å². The minimum atomic E-state index is 0.287. The number of hydrogen-bond acceptors (Lipinski definition) is 5. The number of anilines is 1. The molecule has 0 saturated carbocycles. The van der Waals surface area contributed by atoms with Gasteiger partial charge in [0.1, 0.15) is 18.5 Å². The first-order valence-corrected chi connectivity index (χ1v) is 10.9. The monoisotopic (exact) mass is 438 g/mol. The lowest BCUT2D eigenvalue weighted by atomic mass is 10.1. The van der Waals surface area contributed by atoms with Gasteiger partial charge in [0, 0.05) is 31.9 Å². The van der Waals surface area contributed by atoms with Crippen molar-refractivity contribution in [2.24, 2.45) is 4.99 Å². The summed E-state index contributed by atoms with van der Waals surface area (Å²) in [6, 6.07) is 12.4. The minimum Gasteiger partial charge on any atom is -0.357 e. The normalized spacial score (nSPS) is 16.5. The van der Waals surface area contributed by atoms with Crippen LogP contribution in [0.1, 0.15) is 24.5 Å². The number of halogens is 1.